The van der Waals surface area contributed by atoms with Crippen LogP contribution < -0.4 is 14.8 Å². The average molecular weight is 349 g/mol. The lowest BCUT2D eigenvalue weighted by Gasteiger charge is -2.23. The lowest BCUT2D eigenvalue weighted by molar-refractivity contribution is -0.123. The fourth-order valence-corrected chi connectivity index (χ4v) is 3.20. The molecule has 0 aliphatic carbocycles. The van der Waals surface area contributed by atoms with Crippen LogP contribution in [0.25, 0.3) is 0 Å². The second-order valence-electron chi connectivity index (χ2n) is 5.88. The van der Waals surface area contributed by atoms with E-state index in [-0.39, 0.29) is 9.92 Å². The van der Waals surface area contributed by atoms with Crippen molar-refractivity contribution in [1.82, 2.24) is 10.0 Å². The van der Waals surface area contributed by atoms with Gasteiger partial charge in [0.05, 0.1) is 23.1 Å². The Labute approximate surface area is 136 Å². The molecule has 1 unspecified atom stereocenters. The molecular weight excluding hydrogens is 328 g/mol. The number of sulfonamides is 1. The van der Waals surface area contributed by atoms with Crippen molar-refractivity contribution in [3.63, 3.8) is 0 Å². The minimum absolute atomic E-state index is 0.0336. The maximum atomic E-state index is 12.3. The molecule has 0 saturated carbocycles. The van der Waals surface area contributed by atoms with E-state index in [9.17, 15) is 13.2 Å². The normalized spacial score (nSPS) is 13.5. The first-order valence-corrected chi connectivity index (χ1v) is 8.50. The summed E-state index contributed by atoms with van der Waals surface area (Å²) < 4.78 is 31.8. The number of ether oxygens (including phenoxy) is 1. The minimum Gasteiger partial charge on any atom is -0.495 e. The van der Waals surface area contributed by atoms with E-state index in [1.165, 1.54) is 32.2 Å². The summed E-state index contributed by atoms with van der Waals surface area (Å²) in [5.41, 5.74) is -0.444. The Balaban J connectivity index is 2.91. The van der Waals surface area contributed by atoms with Crippen molar-refractivity contribution in [2.75, 3.05) is 7.11 Å². The molecule has 0 aromatic heterocycles. The molecule has 6 nitrogen and oxygen atoms in total. The first-order valence-electron chi connectivity index (χ1n) is 6.64. The van der Waals surface area contributed by atoms with Gasteiger partial charge in [0.1, 0.15) is 5.75 Å². The molecule has 2 N–H and O–H groups in total. The molecule has 1 rings (SSSR count). The zero-order chi connectivity index (χ0) is 17.1. The first-order chi connectivity index (χ1) is 9.96. The summed E-state index contributed by atoms with van der Waals surface area (Å²) in [6.07, 6.45) is 0. The van der Waals surface area contributed by atoms with E-state index in [0.29, 0.717) is 5.75 Å². The third kappa shape index (κ3) is 5.15. The zero-order valence-corrected chi connectivity index (χ0v) is 14.8. The highest BCUT2D eigenvalue weighted by atomic mass is 35.5. The number of halogens is 1. The van der Waals surface area contributed by atoms with E-state index in [0.717, 1.165) is 0 Å². The van der Waals surface area contributed by atoms with Crippen molar-refractivity contribution >= 4 is 27.5 Å². The zero-order valence-electron chi connectivity index (χ0n) is 13.2. The van der Waals surface area contributed by atoms with E-state index < -0.39 is 27.5 Å². The van der Waals surface area contributed by atoms with Gasteiger partial charge in [0.15, 0.2) is 0 Å². The summed E-state index contributed by atoms with van der Waals surface area (Å²) in [5, 5.41) is 2.89. The second-order valence-corrected chi connectivity index (χ2v) is 8.00. The SMILES string of the molecule is COc1ccc(S(=O)(=O)NC(C)C(=O)NC(C)(C)C)cc1Cl. The van der Waals surface area contributed by atoms with Crippen molar-refractivity contribution in [2.45, 2.75) is 44.2 Å². The van der Waals surface area contributed by atoms with E-state index in [1.807, 2.05) is 20.8 Å². The highest BCUT2D eigenvalue weighted by Crippen LogP contribution is 2.26. The average Bonchev–Trinajstić information content (AvgIpc) is 2.36. The summed E-state index contributed by atoms with van der Waals surface area (Å²) in [4.78, 5) is 11.9. The lowest BCUT2D eigenvalue weighted by Crippen LogP contribution is -2.50. The van der Waals surface area contributed by atoms with Crippen molar-refractivity contribution in [3.05, 3.63) is 23.2 Å². The van der Waals surface area contributed by atoms with Gasteiger partial charge in [0.2, 0.25) is 15.9 Å². The molecule has 0 saturated heterocycles. The summed E-state index contributed by atoms with van der Waals surface area (Å²) in [5.74, 6) is -0.0326. The number of methoxy groups -OCH3 is 1. The minimum atomic E-state index is -3.86. The third-order valence-electron chi connectivity index (χ3n) is 2.66. The highest BCUT2D eigenvalue weighted by Gasteiger charge is 2.25. The number of carbonyl (C=O) groups is 1. The molecule has 0 aliphatic heterocycles. The Morgan fingerprint density at radius 1 is 1.32 bits per heavy atom. The van der Waals surface area contributed by atoms with E-state index in [2.05, 4.69) is 10.0 Å². The number of rotatable bonds is 5. The molecule has 0 heterocycles. The fraction of sp³-hybridized carbons (Fsp3) is 0.500. The van der Waals surface area contributed by atoms with E-state index in [1.54, 1.807) is 0 Å². The molecule has 1 amide bonds. The number of hydrogen-bond donors (Lipinski definition) is 2. The Morgan fingerprint density at radius 2 is 1.91 bits per heavy atom. The van der Waals surface area contributed by atoms with Gasteiger partial charge < -0.3 is 10.1 Å². The van der Waals surface area contributed by atoms with Crippen molar-refractivity contribution in [2.24, 2.45) is 0 Å². The quantitative estimate of drug-likeness (QED) is 0.851. The number of carbonyl (C=O) groups excluding carboxylic acids is 1. The second kappa shape index (κ2) is 6.85. The standard InChI is InChI=1S/C14H21ClN2O4S/c1-9(13(18)16-14(2,3)4)17-22(19,20)10-6-7-12(21-5)11(15)8-10/h6-9,17H,1-5H3,(H,16,18). The molecule has 1 aromatic carbocycles. The van der Waals surface area contributed by atoms with Crippen molar-refractivity contribution in [3.8, 4) is 5.75 Å². The van der Waals surface area contributed by atoms with Gasteiger partial charge in [-0.15, -0.1) is 0 Å². The summed E-state index contributed by atoms with van der Waals surface area (Å²) in [6.45, 7) is 6.92. The van der Waals surface area contributed by atoms with Gasteiger partial charge in [-0.2, -0.15) is 4.72 Å². The maximum Gasteiger partial charge on any atom is 0.241 e. The van der Waals surface area contributed by atoms with E-state index in [4.69, 9.17) is 16.3 Å². The van der Waals surface area contributed by atoms with Crippen molar-refractivity contribution < 1.29 is 17.9 Å². The Bertz CT molecular complexity index is 653. The number of hydrogen-bond acceptors (Lipinski definition) is 4. The summed E-state index contributed by atoms with van der Waals surface area (Å²) >= 11 is 5.93. The van der Waals surface area contributed by atoms with Gasteiger partial charge in [0.25, 0.3) is 0 Å². The van der Waals surface area contributed by atoms with Crippen LogP contribution in [-0.4, -0.2) is 33.0 Å². The smallest absolute Gasteiger partial charge is 0.241 e. The monoisotopic (exact) mass is 348 g/mol. The van der Waals surface area contributed by atoms with Crippen LogP contribution in [0.1, 0.15) is 27.7 Å². The number of nitrogens with one attached hydrogen (secondary N) is 2. The molecule has 0 bridgehead atoms. The third-order valence-corrected chi connectivity index (χ3v) is 4.49. The van der Waals surface area contributed by atoms with Crippen LogP contribution >= 0.6 is 11.6 Å². The van der Waals surface area contributed by atoms with Gasteiger partial charge in [-0.05, 0) is 45.9 Å². The van der Waals surface area contributed by atoms with Gasteiger partial charge in [-0.25, -0.2) is 8.42 Å². The molecule has 0 fully saturated rings. The van der Waals surface area contributed by atoms with Gasteiger partial charge in [-0.3, -0.25) is 4.79 Å². The Hall–Kier alpha value is -1.31. The molecule has 1 atom stereocenters. The molecule has 124 valence electrons. The summed E-state index contributed by atoms with van der Waals surface area (Å²) in [6, 6.07) is 3.18. The number of amides is 1. The predicted octanol–water partition coefficient (Wildman–Crippen LogP) is 1.93. The predicted molar refractivity (Wildman–Crippen MR) is 85.7 cm³/mol. The highest BCUT2D eigenvalue weighted by molar-refractivity contribution is 7.89. The van der Waals surface area contributed by atoms with Gasteiger partial charge in [-0.1, -0.05) is 11.6 Å². The first kappa shape index (κ1) is 18.7. The molecular formula is C14H21ClN2O4S. The molecule has 0 aliphatic rings. The van der Waals surface area contributed by atoms with E-state index >= 15 is 0 Å². The van der Waals surface area contributed by atoms with Crippen LogP contribution in [0.2, 0.25) is 5.02 Å². The van der Waals surface area contributed by atoms with Crippen LogP contribution in [0.4, 0.5) is 0 Å². The Morgan fingerprint density at radius 3 is 2.36 bits per heavy atom. The Kier molecular flexibility index (Phi) is 5.83. The molecule has 1 aromatic rings. The van der Waals surface area contributed by atoms with Crippen LogP contribution in [0.5, 0.6) is 5.75 Å². The van der Waals surface area contributed by atoms with Gasteiger partial charge >= 0.3 is 0 Å². The van der Waals surface area contributed by atoms with Crippen LogP contribution in [-0.2, 0) is 14.8 Å². The van der Waals surface area contributed by atoms with Crippen LogP contribution in [0.3, 0.4) is 0 Å². The topological polar surface area (TPSA) is 84.5 Å². The lowest BCUT2D eigenvalue weighted by atomic mass is 10.1. The fourth-order valence-electron chi connectivity index (χ4n) is 1.65. The summed E-state index contributed by atoms with van der Waals surface area (Å²) in [7, 11) is -2.42. The van der Waals surface area contributed by atoms with Crippen LogP contribution in [0.15, 0.2) is 23.1 Å². The van der Waals surface area contributed by atoms with Crippen molar-refractivity contribution in [1.29, 1.82) is 0 Å². The van der Waals surface area contributed by atoms with Gasteiger partial charge in [0, 0.05) is 5.54 Å². The van der Waals surface area contributed by atoms with Crippen LogP contribution in [0, 0.1) is 0 Å². The molecule has 8 heteroatoms. The number of benzene rings is 1. The largest absolute Gasteiger partial charge is 0.495 e. The molecule has 0 radical (unpaired) electrons. The maximum absolute atomic E-state index is 12.3. The molecule has 0 spiro atoms. The molecule has 22 heavy (non-hydrogen) atoms.